The molecule has 102 valence electrons. The number of hydrogen-bond donors (Lipinski definition) is 1. The topological polar surface area (TPSA) is 30.5 Å². The van der Waals surface area contributed by atoms with E-state index in [9.17, 15) is 0 Å². The Morgan fingerprint density at radius 1 is 1.35 bits per heavy atom. The third-order valence-corrected chi connectivity index (χ3v) is 3.59. The van der Waals surface area contributed by atoms with Crippen LogP contribution in [0.1, 0.15) is 52.4 Å². The second-order valence-corrected chi connectivity index (χ2v) is 4.95. The summed E-state index contributed by atoms with van der Waals surface area (Å²) in [6.45, 7) is 6.10. The van der Waals surface area contributed by atoms with Gasteiger partial charge in [0.05, 0.1) is 18.8 Å². The third kappa shape index (κ3) is 5.36. The standard InChI is InChI=1S/C14H29NO2/c1-4-8-13(15-3)14(5-2)17-11-12-9-6-7-10-16-12/h12-15H,4-11H2,1-3H3. The molecule has 3 unspecified atom stereocenters. The number of rotatable bonds is 8. The highest BCUT2D eigenvalue weighted by Gasteiger charge is 2.21. The van der Waals surface area contributed by atoms with Crippen LogP contribution >= 0.6 is 0 Å². The molecule has 0 radical (unpaired) electrons. The molecule has 1 rings (SSSR count). The average Bonchev–Trinajstić information content (AvgIpc) is 2.39. The van der Waals surface area contributed by atoms with Crippen LogP contribution in [0.15, 0.2) is 0 Å². The second-order valence-electron chi connectivity index (χ2n) is 4.95. The lowest BCUT2D eigenvalue weighted by atomic mass is 10.0. The Bertz CT molecular complexity index is 181. The Morgan fingerprint density at radius 3 is 2.71 bits per heavy atom. The summed E-state index contributed by atoms with van der Waals surface area (Å²) in [4.78, 5) is 0. The van der Waals surface area contributed by atoms with E-state index in [1.54, 1.807) is 0 Å². The monoisotopic (exact) mass is 243 g/mol. The van der Waals surface area contributed by atoms with E-state index in [0.717, 1.165) is 26.1 Å². The molecule has 1 N–H and O–H groups in total. The van der Waals surface area contributed by atoms with Gasteiger partial charge in [-0.05, 0) is 39.2 Å². The zero-order chi connectivity index (χ0) is 12.5. The Hall–Kier alpha value is -0.120. The lowest BCUT2D eigenvalue weighted by Crippen LogP contribution is -2.40. The van der Waals surface area contributed by atoms with E-state index in [2.05, 4.69) is 19.2 Å². The van der Waals surface area contributed by atoms with Gasteiger partial charge in [-0.3, -0.25) is 0 Å². The first-order valence-corrected chi connectivity index (χ1v) is 7.22. The maximum atomic E-state index is 6.05. The SMILES string of the molecule is CCCC(NC)C(CC)OCC1CCCCO1. The summed E-state index contributed by atoms with van der Waals surface area (Å²) >= 11 is 0. The van der Waals surface area contributed by atoms with E-state index in [4.69, 9.17) is 9.47 Å². The van der Waals surface area contributed by atoms with Crippen molar-refractivity contribution in [3.63, 3.8) is 0 Å². The van der Waals surface area contributed by atoms with Crippen molar-refractivity contribution in [1.29, 1.82) is 0 Å². The van der Waals surface area contributed by atoms with Crippen LogP contribution in [-0.2, 0) is 9.47 Å². The molecule has 0 aromatic heterocycles. The number of hydrogen-bond acceptors (Lipinski definition) is 3. The van der Waals surface area contributed by atoms with E-state index >= 15 is 0 Å². The number of likely N-dealkylation sites (N-methyl/N-ethyl adjacent to an activating group) is 1. The van der Waals surface area contributed by atoms with E-state index in [0.29, 0.717) is 18.2 Å². The summed E-state index contributed by atoms with van der Waals surface area (Å²) < 4.78 is 11.7. The van der Waals surface area contributed by atoms with Crippen molar-refractivity contribution < 1.29 is 9.47 Å². The lowest BCUT2D eigenvalue weighted by Gasteiger charge is -2.29. The van der Waals surface area contributed by atoms with Gasteiger partial charge >= 0.3 is 0 Å². The molecule has 1 aliphatic rings. The van der Waals surface area contributed by atoms with Gasteiger partial charge in [-0.1, -0.05) is 20.3 Å². The van der Waals surface area contributed by atoms with Crippen LogP contribution in [0.2, 0.25) is 0 Å². The Morgan fingerprint density at radius 2 is 2.18 bits per heavy atom. The fourth-order valence-corrected chi connectivity index (χ4v) is 2.52. The molecule has 0 aromatic rings. The molecular formula is C14H29NO2. The van der Waals surface area contributed by atoms with Crippen LogP contribution in [0.5, 0.6) is 0 Å². The fraction of sp³-hybridized carbons (Fsp3) is 1.00. The second kappa shape index (κ2) is 8.90. The van der Waals surface area contributed by atoms with Gasteiger partial charge in [0, 0.05) is 12.6 Å². The van der Waals surface area contributed by atoms with Crippen LogP contribution in [0.4, 0.5) is 0 Å². The minimum atomic E-state index is 0.325. The zero-order valence-electron chi connectivity index (χ0n) is 11.7. The van der Waals surface area contributed by atoms with Crippen LogP contribution in [0, 0.1) is 0 Å². The molecule has 17 heavy (non-hydrogen) atoms. The number of ether oxygens (including phenoxy) is 2. The smallest absolute Gasteiger partial charge is 0.0808 e. The fourth-order valence-electron chi connectivity index (χ4n) is 2.52. The lowest BCUT2D eigenvalue weighted by molar-refractivity contribution is -0.0715. The van der Waals surface area contributed by atoms with Gasteiger partial charge in [0.25, 0.3) is 0 Å². The highest BCUT2D eigenvalue weighted by Crippen LogP contribution is 2.16. The molecule has 3 atom stereocenters. The normalized spacial score (nSPS) is 24.5. The highest BCUT2D eigenvalue weighted by molar-refractivity contribution is 4.75. The van der Waals surface area contributed by atoms with Gasteiger partial charge < -0.3 is 14.8 Å². The molecule has 1 fully saturated rings. The van der Waals surface area contributed by atoms with Crippen molar-refractivity contribution in [3.05, 3.63) is 0 Å². The van der Waals surface area contributed by atoms with E-state index in [1.165, 1.54) is 25.7 Å². The summed E-state index contributed by atoms with van der Waals surface area (Å²) in [7, 11) is 2.03. The Balaban J connectivity index is 2.28. The van der Waals surface area contributed by atoms with Gasteiger partial charge in [-0.2, -0.15) is 0 Å². The summed E-state index contributed by atoms with van der Waals surface area (Å²) in [5.41, 5.74) is 0. The molecule has 3 nitrogen and oxygen atoms in total. The molecule has 0 spiro atoms. The van der Waals surface area contributed by atoms with Gasteiger partial charge in [0.15, 0.2) is 0 Å². The molecule has 0 aromatic carbocycles. The quantitative estimate of drug-likeness (QED) is 0.711. The average molecular weight is 243 g/mol. The molecule has 0 bridgehead atoms. The molecule has 3 heteroatoms. The third-order valence-electron chi connectivity index (χ3n) is 3.59. The highest BCUT2D eigenvalue weighted by atomic mass is 16.5. The van der Waals surface area contributed by atoms with Crippen LogP contribution < -0.4 is 5.32 Å². The molecule has 0 aliphatic carbocycles. The van der Waals surface area contributed by atoms with Gasteiger partial charge in [0.1, 0.15) is 0 Å². The number of nitrogens with one attached hydrogen (secondary N) is 1. The first-order chi connectivity index (χ1) is 8.31. The summed E-state index contributed by atoms with van der Waals surface area (Å²) in [6.07, 6.45) is 7.76. The molecule has 0 saturated carbocycles. The van der Waals surface area contributed by atoms with Crippen molar-refractivity contribution in [2.75, 3.05) is 20.3 Å². The summed E-state index contributed by atoms with van der Waals surface area (Å²) in [5.74, 6) is 0. The van der Waals surface area contributed by atoms with E-state index in [-0.39, 0.29) is 0 Å². The van der Waals surface area contributed by atoms with Crippen molar-refractivity contribution in [1.82, 2.24) is 5.32 Å². The van der Waals surface area contributed by atoms with Gasteiger partial charge in [-0.15, -0.1) is 0 Å². The van der Waals surface area contributed by atoms with Crippen molar-refractivity contribution >= 4 is 0 Å². The van der Waals surface area contributed by atoms with Gasteiger partial charge in [0.2, 0.25) is 0 Å². The maximum Gasteiger partial charge on any atom is 0.0808 e. The molecule has 0 amide bonds. The first-order valence-electron chi connectivity index (χ1n) is 7.22. The van der Waals surface area contributed by atoms with Crippen LogP contribution in [-0.4, -0.2) is 38.5 Å². The van der Waals surface area contributed by atoms with E-state index in [1.807, 2.05) is 7.05 Å². The molecule has 1 saturated heterocycles. The Kier molecular flexibility index (Phi) is 7.82. The van der Waals surface area contributed by atoms with Crippen LogP contribution in [0.25, 0.3) is 0 Å². The molecule has 1 heterocycles. The predicted molar refractivity (Wildman–Crippen MR) is 71.4 cm³/mol. The van der Waals surface area contributed by atoms with Crippen molar-refractivity contribution in [2.45, 2.75) is 70.6 Å². The predicted octanol–water partition coefficient (Wildman–Crippen LogP) is 2.74. The minimum absolute atomic E-state index is 0.325. The Labute approximate surface area is 106 Å². The minimum Gasteiger partial charge on any atom is -0.376 e. The maximum absolute atomic E-state index is 6.05. The van der Waals surface area contributed by atoms with Crippen LogP contribution in [0.3, 0.4) is 0 Å². The zero-order valence-corrected chi connectivity index (χ0v) is 11.7. The molecular weight excluding hydrogens is 214 g/mol. The summed E-state index contributed by atoms with van der Waals surface area (Å²) in [6, 6.07) is 0.480. The first kappa shape index (κ1) is 14.9. The van der Waals surface area contributed by atoms with E-state index < -0.39 is 0 Å². The van der Waals surface area contributed by atoms with Crippen molar-refractivity contribution in [3.8, 4) is 0 Å². The van der Waals surface area contributed by atoms with Crippen molar-refractivity contribution in [2.24, 2.45) is 0 Å². The molecule has 1 aliphatic heterocycles. The summed E-state index contributed by atoms with van der Waals surface area (Å²) in [5, 5.41) is 3.38. The largest absolute Gasteiger partial charge is 0.376 e. The van der Waals surface area contributed by atoms with Gasteiger partial charge in [-0.25, -0.2) is 0 Å².